The van der Waals surface area contributed by atoms with E-state index in [1.807, 2.05) is 0 Å². The fourth-order valence-electron chi connectivity index (χ4n) is 1.18. The second kappa shape index (κ2) is 5.89. The van der Waals surface area contributed by atoms with Crippen LogP contribution in [-0.2, 0) is 4.79 Å². The van der Waals surface area contributed by atoms with Crippen molar-refractivity contribution in [1.82, 2.24) is 20.5 Å². The molecule has 0 saturated carbocycles. The summed E-state index contributed by atoms with van der Waals surface area (Å²) in [6.45, 7) is 5.10. The van der Waals surface area contributed by atoms with Crippen LogP contribution in [0.1, 0.15) is 24.7 Å². The molecule has 2 amide bonds. The number of hydrogen-bond donors (Lipinski definition) is 3. The molecule has 0 fully saturated rings. The first-order chi connectivity index (χ1) is 8.38. The summed E-state index contributed by atoms with van der Waals surface area (Å²) in [5.74, 6) is -0.898. The third-order valence-corrected chi connectivity index (χ3v) is 2.18. The molecular weight excluding hydrogens is 238 g/mol. The minimum absolute atomic E-state index is 0.0816. The van der Waals surface area contributed by atoms with E-state index in [1.54, 1.807) is 20.8 Å². The quantitative estimate of drug-likeness (QED) is 0.718. The molecule has 0 aliphatic heterocycles. The Morgan fingerprint density at radius 3 is 2.50 bits per heavy atom. The number of hydrogen-bond acceptors (Lipinski definition) is 5. The number of aliphatic carboxylic acids is 1. The Morgan fingerprint density at radius 1 is 1.28 bits per heavy atom. The van der Waals surface area contributed by atoms with Crippen LogP contribution < -0.4 is 10.6 Å². The summed E-state index contributed by atoms with van der Waals surface area (Å²) in [6.07, 6.45) is -0.153. The normalized spacial score (nSPS) is 11.7. The fourth-order valence-corrected chi connectivity index (χ4v) is 1.18. The van der Waals surface area contributed by atoms with Gasteiger partial charge in [-0.25, -0.2) is 9.78 Å². The number of carboxylic acids is 1. The van der Waals surface area contributed by atoms with E-state index >= 15 is 0 Å². The maximum Gasteiger partial charge on any atom is 0.321 e. The Kier molecular flexibility index (Phi) is 4.52. The SMILES string of the molecule is Cc1nnc(NC(=O)NC(C)CC(=O)O)nc1C. The molecule has 1 unspecified atom stereocenters. The smallest absolute Gasteiger partial charge is 0.321 e. The maximum atomic E-state index is 11.5. The number of carboxylic acid groups (broad SMARTS) is 1. The highest BCUT2D eigenvalue weighted by molar-refractivity contribution is 5.87. The highest BCUT2D eigenvalue weighted by atomic mass is 16.4. The van der Waals surface area contributed by atoms with Gasteiger partial charge >= 0.3 is 12.0 Å². The van der Waals surface area contributed by atoms with Crippen LogP contribution in [0.15, 0.2) is 0 Å². The topological polar surface area (TPSA) is 117 Å². The summed E-state index contributed by atoms with van der Waals surface area (Å²) in [4.78, 5) is 25.9. The van der Waals surface area contributed by atoms with Gasteiger partial charge in [0.15, 0.2) is 0 Å². The van der Waals surface area contributed by atoms with Gasteiger partial charge in [-0.05, 0) is 20.8 Å². The van der Waals surface area contributed by atoms with Crippen LogP contribution in [0.5, 0.6) is 0 Å². The predicted octanol–water partition coefficient (Wildman–Crippen LogP) is 0.473. The highest BCUT2D eigenvalue weighted by Gasteiger charge is 2.12. The number of nitrogens with zero attached hydrogens (tertiary/aromatic N) is 3. The lowest BCUT2D eigenvalue weighted by molar-refractivity contribution is -0.137. The fraction of sp³-hybridized carbons (Fsp3) is 0.500. The van der Waals surface area contributed by atoms with Gasteiger partial charge in [0.1, 0.15) is 0 Å². The third kappa shape index (κ3) is 4.32. The van der Waals surface area contributed by atoms with Crippen LogP contribution in [0.25, 0.3) is 0 Å². The zero-order valence-corrected chi connectivity index (χ0v) is 10.4. The van der Waals surface area contributed by atoms with Gasteiger partial charge in [0.2, 0.25) is 0 Å². The van der Waals surface area contributed by atoms with Gasteiger partial charge < -0.3 is 10.4 Å². The van der Waals surface area contributed by atoms with E-state index in [4.69, 9.17) is 5.11 Å². The van der Waals surface area contributed by atoms with Crippen molar-refractivity contribution in [3.63, 3.8) is 0 Å². The second-order valence-corrected chi connectivity index (χ2v) is 3.90. The van der Waals surface area contributed by atoms with E-state index in [-0.39, 0.29) is 12.4 Å². The first kappa shape index (κ1) is 13.8. The molecular formula is C10H15N5O3. The van der Waals surface area contributed by atoms with Crippen LogP contribution in [-0.4, -0.2) is 38.3 Å². The number of carbonyl (C=O) groups is 2. The molecule has 1 heterocycles. The highest BCUT2D eigenvalue weighted by Crippen LogP contribution is 2.01. The number of carbonyl (C=O) groups excluding carboxylic acids is 1. The molecule has 1 atom stereocenters. The number of anilines is 1. The lowest BCUT2D eigenvalue weighted by Gasteiger charge is -2.11. The first-order valence-corrected chi connectivity index (χ1v) is 5.35. The van der Waals surface area contributed by atoms with Crippen molar-refractivity contribution in [2.24, 2.45) is 0 Å². The van der Waals surface area contributed by atoms with Gasteiger partial charge in [0.25, 0.3) is 5.95 Å². The second-order valence-electron chi connectivity index (χ2n) is 3.90. The number of urea groups is 1. The number of nitrogens with one attached hydrogen (secondary N) is 2. The minimum Gasteiger partial charge on any atom is -0.481 e. The van der Waals surface area contributed by atoms with E-state index in [0.29, 0.717) is 11.4 Å². The molecule has 0 radical (unpaired) electrons. The summed E-state index contributed by atoms with van der Waals surface area (Å²) in [5, 5.41) is 20.9. The number of amides is 2. The van der Waals surface area contributed by atoms with Gasteiger partial charge in [-0.15, -0.1) is 5.10 Å². The van der Waals surface area contributed by atoms with Crippen molar-refractivity contribution < 1.29 is 14.7 Å². The van der Waals surface area contributed by atoms with Gasteiger partial charge in [0, 0.05) is 6.04 Å². The standard InChI is InChI=1S/C10H15N5O3/c1-5(4-8(16)17)11-10(18)13-9-12-6(2)7(3)14-15-9/h5H,4H2,1-3H3,(H,16,17)(H2,11,12,13,15,18). The average Bonchev–Trinajstić information content (AvgIpc) is 2.21. The summed E-state index contributed by atoms with van der Waals surface area (Å²) >= 11 is 0. The Morgan fingerprint density at radius 2 is 1.94 bits per heavy atom. The van der Waals surface area contributed by atoms with Gasteiger partial charge in [-0.2, -0.15) is 5.10 Å². The van der Waals surface area contributed by atoms with Crippen LogP contribution >= 0.6 is 0 Å². The van der Waals surface area contributed by atoms with E-state index in [1.165, 1.54) is 0 Å². The Balaban J connectivity index is 2.54. The van der Waals surface area contributed by atoms with Crippen molar-refractivity contribution >= 4 is 17.9 Å². The van der Waals surface area contributed by atoms with Gasteiger partial charge in [-0.1, -0.05) is 0 Å². The molecule has 0 aromatic carbocycles. The van der Waals surface area contributed by atoms with Crippen LogP contribution in [0.4, 0.5) is 10.7 Å². The number of aromatic nitrogens is 3. The molecule has 1 rings (SSSR count). The maximum absolute atomic E-state index is 11.5. The Labute approximate surface area is 104 Å². The monoisotopic (exact) mass is 253 g/mol. The van der Waals surface area contributed by atoms with Crippen molar-refractivity contribution in [2.75, 3.05) is 5.32 Å². The molecule has 1 aromatic heterocycles. The zero-order chi connectivity index (χ0) is 13.7. The lowest BCUT2D eigenvalue weighted by atomic mass is 10.2. The predicted molar refractivity (Wildman–Crippen MR) is 63.2 cm³/mol. The van der Waals surface area contributed by atoms with Crippen molar-refractivity contribution in [2.45, 2.75) is 33.2 Å². The number of rotatable bonds is 4. The van der Waals surface area contributed by atoms with Crippen molar-refractivity contribution in [3.8, 4) is 0 Å². The Bertz CT molecular complexity index is 463. The van der Waals surface area contributed by atoms with Crippen LogP contribution in [0.3, 0.4) is 0 Å². The summed E-state index contributed by atoms with van der Waals surface area (Å²) in [5.41, 5.74) is 1.35. The van der Waals surface area contributed by atoms with E-state index < -0.39 is 18.0 Å². The molecule has 0 aliphatic rings. The van der Waals surface area contributed by atoms with Crippen LogP contribution in [0, 0.1) is 13.8 Å². The molecule has 8 nitrogen and oxygen atoms in total. The van der Waals surface area contributed by atoms with Crippen molar-refractivity contribution in [1.29, 1.82) is 0 Å². The van der Waals surface area contributed by atoms with E-state index in [2.05, 4.69) is 25.8 Å². The van der Waals surface area contributed by atoms with Gasteiger partial charge in [0.05, 0.1) is 17.8 Å². The summed E-state index contributed by atoms with van der Waals surface area (Å²) in [7, 11) is 0. The molecule has 0 aliphatic carbocycles. The lowest BCUT2D eigenvalue weighted by Crippen LogP contribution is -2.37. The third-order valence-electron chi connectivity index (χ3n) is 2.18. The van der Waals surface area contributed by atoms with E-state index in [9.17, 15) is 9.59 Å². The molecule has 18 heavy (non-hydrogen) atoms. The minimum atomic E-state index is -0.980. The molecule has 0 saturated heterocycles. The molecule has 0 bridgehead atoms. The molecule has 98 valence electrons. The van der Waals surface area contributed by atoms with Gasteiger partial charge in [-0.3, -0.25) is 10.1 Å². The molecule has 0 spiro atoms. The zero-order valence-electron chi connectivity index (χ0n) is 10.4. The molecule has 8 heteroatoms. The largest absolute Gasteiger partial charge is 0.481 e. The van der Waals surface area contributed by atoms with E-state index in [0.717, 1.165) is 0 Å². The first-order valence-electron chi connectivity index (χ1n) is 5.35. The molecule has 1 aromatic rings. The average molecular weight is 253 g/mol. The Hall–Kier alpha value is -2.25. The van der Waals surface area contributed by atoms with Crippen LogP contribution in [0.2, 0.25) is 0 Å². The number of aryl methyl sites for hydroxylation is 2. The van der Waals surface area contributed by atoms with Crippen molar-refractivity contribution in [3.05, 3.63) is 11.4 Å². The molecule has 3 N–H and O–H groups in total. The summed E-state index contributed by atoms with van der Waals surface area (Å²) in [6, 6.07) is -1.05. The summed E-state index contributed by atoms with van der Waals surface area (Å²) < 4.78 is 0.